The van der Waals surface area contributed by atoms with Gasteiger partial charge in [0.2, 0.25) is 5.82 Å². The Morgan fingerprint density at radius 3 is 2.44 bits per heavy atom. The Balaban J connectivity index is 1.41. The number of piperidine rings is 1. The summed E-state index contributed by atoms with van der Waals surface area (Å²) in [7, 11) is 0. The van der Waals surface area contributed by atoms with E-state index in [4.69, 9.17) is 9.26 Å². The van der Waals surface area contributed by atoms with Gasteiger partial charge < -0.3 is 14.2 Å². The lowest BCUT2D eigenvalue weighted by atomic mass is 10.1. The molecule has 1 fully saturated rings. The maximum absolute atomic E-state index is 5.64. The highest BCUT2D eigenvalue weighted by Gasteiger charge is 2.13. The van der Waals surface area contributed by atoms with Crippen LogP contribution in [0.1, 0.15) is 25.2 Å². The van der Waals surface area contributed by atoms with Crippen molar-refractivity contribution in [3.8, 4) is 17.1 Å². The Kier molecular flexibility index (Phi) is 4.63. The molecule has 1 aliphatic heterocycles. The summed E-state index contributed by atoms with van der Waals surface area (Å²) < 4.78 is 10.9. The SMILES string of the molecule is c1ccc(OCc2nc(-c3ccc(N4CCCCC4)cc3)no2)cc1. The molecule has 0 amide bonds. The van der Waals surface area contributed by atoms with E-state index in [1.165, 1.54) is 24.9 Å². The minimum atomic E-state index is 0.267. The summed E-state index contributed by atoms with van der Waals surface area (Å²) in [4.78, 5) is 6.85. The van der Waals surface area contributed by atoms with E-state index >= 15 is 0 Å². The van der Waals surface area contributed by atoms with E-state index < -0.39 is 0 Å². The molecular weight excluding hydrogens is 314 g/mol. The molecular formula is C20H21N3O2. The van der Waals surface area contributed by atoms with Crippen LogP contribution in [0.2, 0.25) is 0 Å². The molecule has 0 saturated carbocycles. The Morgan fingerprint density at radius 1 is 0.920 bits per heavy atom. The number of rotatable bonds is 5. The van der Waals surface area contributed by atoms with Gasteiger partial charge in [0, 0.05) is 24.3 Å². The molecule has 0 unspecified atom stereocenters. The van der Waals surface area contributed by atoms with Crippen molar-refractivity contribution in [2.24, 2.45) is 0 Å². The van der Waals surface area contributed by atoms with Crippen LogP contribution in [0.3, 0.4) is 0 Å². The van der Waals surface area contributed by atoms with Crippen LogP contribution in [0, 0.1) is 0 Å². The first kappa shape index (κ1) is 15.7. The Bertz CT molecular complexity index is 793. The molecule has 3 aromatic rings. The van der Waals surface area contributed by atoms with Crippen LogP contribution in [-0.4, -0.2) is 23.2 Å². The second kappa shape index (κ2) is 7.38. The van der Waals surface area contributed by atoms with E-state index in [1.807, 2.05) is 30.3 Å². The summed E-state index contributed by atoms with van der Waals surface area (Å²) in [6.45, 7) is 2.55. The number of nitrogens with zero attached hydrogens (tertiary/aromatic N) is 3. The Hall–Kier alpha value is -2.82. The van der Waals surface area contributed by atoms with Crippen LogP contribution < -0.4 is 9.64 Å². The summed E-state index contributed by atoms with van der Waals surface area (Å²) in [5.74, 6) is 1.85. The van der Waals surface area contributed by atoms with E-state index in [0.717, 1.165) is 24.4 Å². The van der Waals surface area contributed by atoms with Gasteiger partial charge in [-0.25, -0.2) is 0 Å². The fraction of sp³-hybridized carbons (Fsp3) is 0.300. The van der Waals surface area contributed by atoms with Crippen molar-refractivity contribution in [2.75, 3.05) is 18.0 Å². The number of para-hydroxylation sites is 1. The molecule has 0 radical (unpaired) electrons. The van der Waals surface area contributed by atoms with Crippen LogP contribution in [-0.2, 0) is 6.61 Å². The van der Waals surface area contributed by atoms with Crippen LogP contribution >= 0.6 is 0 Å². The average molecular weight is 335 g/mol. The van der Waals surface area contributed by atoms with Gasteiger partial charge >= 0.3 is 0 Å². The standard InChI is InChI=1S/C20H21N3O2/c1-3-7-18(8-4-1)24-15-19-21-20(22-25-19)16-9-11-17(12-10-16)23-13-5-2-6-14-23/h1,3-4,7-12H,2,5-6,13-15H2. The highest BCUT2D eigenvalue weighted by molar-refractivity contribution is 5.60. The minimum Gasteiger partial charge on any atom is -0.484 e. The average Bonchev–Trinajstić information content (AvgIpc) is 3.17. The molecule has 4 rings (SSSR count). The minimum absolute atomic E-state index is 0.267. The summed E-state index contributed by atoms with van der Waals surface area (Å²) in [5, 5.41) is 4.06. The third-order valence-corrected chi connectivity index (χ3v) is 4.42. The molecule has 25 heavy (non-hydrogen) atoms. The first-order chi connectivity index (χ1) is 12.4. The predicted molar refractivity (Wildman–Crippen MR) is 96.6 cm³/mol. The number of hydrogen-bond donors (Lipinski definition) is 0. The van der Waals surface area contributed by atoms with Gasteiger partial charge in [0.15, 0.2) is 6.61 Å². The monoisotopic (exact) mass is 335 g/mol. The van der Waals surface area contributed by atoms with Gasteiger partial charge in [0.05, 0.1) is 0 Å². The maximum Gasteiger partial charge on any atom is 0.264 e. The lowest BCUT2D eigenvalue weighted by Gasteiger charge is -2.28. The van der Waals surface area contributed by atoms with E-state index in [2.05, 4.69) is 39.3 Å². The van der Waals surface area contributed by atoms with Gasteiger partial charge in [-0.15, -0.1) is 0 Å². The smallest absolute Gasteiger partial charge is 0.264 e. The zero-order chi connectivity index (χ0) is 16.9. The number of aromatic nitrogens is 2. The fourth-order valence-corrected chi connectivity index (χ4v) is 3.07. The fourth-order valence-electron chi connectivity index (χ4n) is 3.07. The Morgan fingerprint density at radius 2 is 1.68 bits per heavy atom. The summed E-state index contributed by atoms with van der Waals surface area (Å²) >= 11 is 0. The summed E-state index contributed by atoms with van der Waals surface area (Å²) in [6.07, 6.45) is 3.89. The molecule has 128 valence electrons. The van der Waals surface area contributed by atoms with E-state index in [1.54, 1.807) is 0 Å². The number of hydrogen-bond acceptors (Lipinski definition) is 5. The van der Waals surface area contributed by atoms with Crippen LogP contribution in [0.4, 0.5) is 5.69 Å². The molecule has 0 spiro atoms. The largest absolute Gasteiger partial charge is 0.484 e. The normalized spacial score (nSPS) is 14.5. The Labute approximate surface area is 147 Å². The van der Waals surface area contributed by atoms with Gasteiger partial charge in [-0.05, 0) is 55.7 Å². The van der Waals surface area contributed by atoms with Crippen molar-refractivity contribution in [1.29, 1.82) is 0 Å². The topological polar surface area (TPSA) is 51.4 Å². The van der Waals surface area contributed by atoms with Crippen molar-refractivity contribution < 1.29 is 9.26 Å². The second-order valence-electron chi connectivity index (χ2n) is 6.21. The highest BCUT2D eigenvalue weighted by Crippen LogP contribution is 2.24. The third-order valence-electron chi connectivity index (χ3n) is 4.42. The summed E-state index contributed by atoms with van der Waals surface area (Å²) in [5.41, 5.74) is 2.22. The zero-order valence-electron chi connectivity index (χ0n) is 14.1. The van der Waals surface area contributed by atoms with Gasteiger partial charge in [-0.3, -0.25) is 0 Å². The highest BCUT2D eigenvalue weighted by atomic mass is 16.5. The van der Waals surface area contributed by atoms with Gasteiger partial charge in [-0.1, -0.05) is 23.4 Å². The second-order valence-corrected chi connectivity index (χ2v) is 6.21. The van der Waals surface area contributed by atoms with E-state index in [9.17, 15) is 0 Å². The molecule has 1 aliphatic rings. The van der Waals surface area contributed by atoms with Crippen LogP contribution in [0.15, 0.2) is 59.1 Å². The van der Waals surface area contributed by atoms with Gasteiger partial charge in [0.1, 0.15) is 5.75 Å². The number of ether oxygens (including phenoxy) is 1. The first-order valence-electron chi connectivity index (χ1n) is 8.74. The van der Waals surface area contributed by atoms with E-state index in [0.29, 0.717) is 11.7 Å². The van der Waals surface area contributed by atoms with Crippen molar-refractivity contribution in [3.05, 3.63) is 60.5 Å². The van der Waals surface area contributed by atoms with Gasteiger partial charge in [-0.2, -0.15) is 4.98 Å². The molecule has 1 saturated heterocycles. The molecule has 0 atom stereocenters. The first-order valence-corrected chi connectivity index (χ1v) is 8.74. The van der Waals surface area contributed by atoms with E-state index in [-0.39, 0.29) is 6.61 Å². The molecule has 0 bridgehead atoms. The third kappa shape index (κ3) is 3.82. The zero-order valence-corrected chi connectivity index (χ0v) is 14.1. The predicted octanol–water partition coefficient (Wildman–Crippen LogP) is 4.31. The van der Waals surface area contributed by atoms with Crippen molar-refractivity contribution in [2.45, 2.75) is 25.9 Å². The molecule has 0 N–H and O–H groups in total. The number of anilines is 1. The van der Waals surface area contributed by atoms with Crippen molar-refractivity contribution >= 4 is 5.69 Å². The van der Waals surface area contributed by atoms with Gasteiger partial charge in [0.25, 0.3) is 5.89 Å². The lowest BCUT2D eigenvalue weighted by molar-refractivity contribution is 0.243. The molecule has 5 nitrogen and oxygen atoms in total. The quantitative estimate of drug-likeness (QED) is 0.695. The molecule has 1 aromatic heterocycles. The van der Waals surface area contributed by atoms with Crippen molar-refractivity contribution in [1.82, 2.24) is 10.1 Å². The van der Waals surface area contributed by atoms with Crippen LogP contribution in [0.25, 0.3) is 11.4 Å². The van der Waals surface area contributed by atoms with Crippen molar-refractivity contribution in [3.63, 3.8) is 0 Å². The number of benzene rings is 2. The molecule has 2 heterocycles. The molecule has 0 aliphatic carbocycles. The molecule has 5 heteroatoms. The summed E-state index contributed by atoms with van der Waals surface area (Å²) in [6, 6.07) is 18.0. The molecule has 2 aromatic carbocycles. The van der Waals surface area contributed by atoms with Crippen LogP contribution in [0.5, 0.6) is 5.75 Å². The lowest BCUT2D eigenvalue weighted by Crippen LogP contribution is -2.29. The maximum atomic E-state index is 5.64.